The first-order valence-corrected chi connectivity index (χ1v) is 6.00. The van der Waals surface area contributed by atoms with Crippen molar-refractivity contribution in [1.29, 1.82) is 0 Å². The van der Waals surface area contributed by atoms with Crippen molar-refractivity contribution in [3.05, 3.63) is 66.5 Å². The minimum absolute atomic E-state index is 0.853. The molecular formula is C15H14N3+. The SMILES string of the molecule is c1ccc([NH2+]Cc2cccc3cccnc23)nc1. The van der Waals surface area contributed by atoms with Crippen molar-refractivity contribution < 1.29 is 5.32 Å². The molecule has 0 atom stereocenters. The summed E-state index contributed by atoms with van der Waals surface area (Å²) in [4.78, 5) is 8.75. The number of hydrogen-bond donors (Lipinski definition) is 1. The van der Waals surface area contributed by atoms with Crippen molar-refractivity contribution >= 4 is 16.7 Å². The van der Waals surface area contributed by atoms with Gasteiger partial charge in [0, 0.05) is 29.4 Å². The number of fused-ring (bicyclic) bond motifs is 1. The van der Waals surface area contributed by atoms with E-state index in [1.165, 1.54) is 10.9 Å². The van der Waals surface area contributed by atoms with Crippen LogP contribution in [0.4, 0.5) is 5.82 Å². The van der Waals surface area contributed by atoms with Gasteiger partial charge in [-0.2, -0.15) is 0 Å². The fourth-order valence-electron chi connectivity index (χ4n) is 2.04. The van der Waals surface area contributed by atoms with E-state index < -0.39 is 0 Å². The Morgan fingerprint density at radius 1 is 0.833 bits per heavy atom. The van der Waals surface area contributed by atoms with E-state index in [0.717, 1.165) is 17.9 Å². The maximum Gasteiger partial charge on any atom is 0.224 e. The predicted molar refractivity (Wildman–Crippen MR) is 71.3 cm³/mol. The lowest BCUT2D eigenvalue weighted by atomic mass is 10.1. The van der Waals surface area contributed by atoms with Gasteiger partial charge >= 0.3 is 0 Å². The van der Waals surface area contributed by atoms with Crippen LogP contribution in [0.5, 0.6) is 0 Å². The molecule has 3 heteroatoms. The third kappa shape index (κ3) is 2.21. The third-order valence-electron chi connectivity index (χ3n) is 2.94. The minimum Gasteiger partial charge on any atom is -0.294 e. The molecule has 88 valence electrons. The van der Waals surface area contributed by atoms with Crippen molar-refractivity contribution in [2.24, 2.45) is 0 Å². The van der Waals surface area contributed by atoms with Gasteiger partial charge in [-0.1, -0.05) is 30.3 Å². The van der Waals surface area contributed by atoms with Crippen molar-refractivity contribution in [2.75, 3.05) is 0 Å². The molecule has 0 aliphatic heterocycles. The minimum atomic E-state index is 0.853. The molecule has 3 nitrogen and oxygen atoms in total. The second kappa shape index (κ2) is 4.94. The lowest BCUT2D eigenvalue weighted by molar-refractivity contribution is -0.591. The molecule has 0 aliphatic carbocycles. The van der Waals surface area contributed by atoms with Gasteiger partial charge in [0.15, 0.2) is 0 Å². The Kier molecular flexibility index (Phi) is 2.98. The first-order valence-electron chi connectivity index (χ1n) is 6.00. The Labute approximate surface area is 106 Å². The van der Waals surface area contributed by atoms with Gasteiger partial charge in [-0.15, -0.1) is 0 Å². The molecule has 1 aromatic carbocycles. The predicted octanol–water partition coefficient (Wildman–Crippen LogP) is 2.02. The van der Waals surface area contributed by atoms with E-state index in [1.54, 1.807) is 0 Å². The maximum atomic E-state index is 4.45. The van der Waals surface area contributed by atoms with E-state index in [0.29, 0.717) is 0 Å². The molecule has 3 rings (SSSR count). The first-order chi connectivity index (χ1) is 8.93. The summed E-state index contributed by atoms with van der Waals surface area (Å²) in [7, 11) is 0. The van der Waals surface area contributed by atoms with Crippen LogP contribution < -0.4 is 5.32 Å². The summed E-state index contributed by atoms with van der Waals surface area (Å²) in [5.74, 6) is 1.01. The number of benzene rings is 1. The Hall–Kier alpha value is -2.26. The molecule has 0 fully saturated rings. The molecule has 2 aromatic heterocycles. The van der Waals surface area contributed by atoms with Gasteiger partial charge < -0.3 is 0 Å². The molecule has 0 saturated heterocycles. The summed E-state index contributed by atoms with van der Waals surface area (Å²) in [6.07, 6.45) is 3.65. The number of para-hydroxylation sites is 1. The zero-order chi connectivity index (χ0) is 12.2. The van der Waals surface area contributed by atoms with Crippen LogP contribution in [0.15, 0.2) is 60.9 Å². The van der Waals surface area contributed by atoms with E-state index >= 15 is 0 Å². The van der Waals surface area contributed by atoms with E-state index in [1.807, 2.05) is 36.7 Å². The molecule has 0 unspecified atom stereocenters. The smallest absolute Gasteiger partial charge is 0.224 e. The average molecular weight is 236 g/mol. The molecule has 0 bridgehead atoms. The standard InChI is InChI=1S/C15H13N3/c1-2-9-16-14(8-1)18-11-13-6-3-5-12-7-4-10-17-15(12)13/h1-10H,11H2,(H,16,18)/p+1. The highest BCUT2D eigenvalue weighted by molar-refractivity contribution is 5.81. The molecule has 2 heterocycles. The summed E-state index contributed by atoms with van der Waals surface area (Å²) in [5.41, 5.74) is 2.31. The third-order valence-corrected chi connectivity index (χ3v) is 2.94. The summed E-state index contributed by atoms with van der Waals surface area (Å²) in [6, 6.07) is 16.3. The monoisotopic (exact) mass is 236 g/mol. The molecule has 0 saturated carbocycles. The Balaban J connectivity index is 1.87. The molecule has 0 spiro atoms. The zero-order valence-corrected chi connectivity index (χ0v) is 9.95. The van der Waals surface area contributed by atoms with E-state index in [2.05, 4.69) is 39.6 Å². The molecule has 18 heavy (non-hydrogen) atoms. The summed E-state index contributed by atoms with van der Waals surface area (Å²) in [5, 5.41) is 3.31. The fraction of sp³-hybridized carbons (Fsp3) is 0.0667. The van der Waals surface area contributed by atoms with Gasteiger partial charge in [-0.25, -0.2) is 4.98 Å². The lowest BCUT2D eigenvalue weighted by Crippen LogP contribution is -2.76. The summed E-state index contributed by atoms with van der Waals surface area (Å²) < 4.78 is 0. The van der Waals surface area contributed by atoms with Crippen LogP contribution in [0.1, 0.15) is 5.56 Å². The number of pyridine rings is 2. The van der Waals surface area contributed by atoms with E-state index in [4.69, 9.17) is 0 Å². The van der Waals surface area contributed by atoms with Crippen molar-refractivity contribution in [3.8, 4) is 0 Å². The fourth-order valence-corrected chi connectivity index (χ4v) is 2.04. The second-order valence-electron chi connectivity index (χ2n) is 4.16. The Morgan fingerprint density at radius 3 is 2.61 bits per heavy atom. The number of rotatable bonds is 3. The lowest BCUT2D eigenvalue weighted by Gasteiger charge is -2.04. The molecule has 2 N–H and O–H groups in total. The second-order valence-corrected chi connectivity index (χ2v) is 4.16. The van der Waals surface area contributed by atoms with E-state index in [-0.39, 0.29) is 0 Å². The van der Waals surface area contributed by atoms with Crippen molar-refractivity contribution in [2.45, 2.75) is 6.54 Å². The van der Waals surface area contributed by atoms with Crippen LogP contribution in [-0.2, 0) is 6.54 Å². The van der Waals surface area contributed by atoms with Gasteiger partial charge in [0.2, 0.25) is 5.82 Å². The maximum absolute atomic E-state index is 4.45. The Morgan fingerprint density at radius 2 is 1.72 bits per heavy atom. The van der Waals surface area contributed by atoms with Gasteiger partial charge in [-0.05, 0) is 12.1 Å². The first kappa shape index (κ1) is 10.9. The quantitative estimate of drug-likeness (QED) is 0.756. The van der Waals surface area contributed by atoms with Crippen LogP contribution >= 0.6 is 0 Å². The number of hydrogen-bond acceptors (Lipinski definition) is 2. The zero-order valence-electron chi connectivity index (χ0n) is 9.95. The van der Waals surface area contributed by atoms with Crippen LogP contribution in [0.3, 0.4) is 0 Å². The van der Waals surface area contributed by atoms with Crippen LogP contribution in [0.25, 0.3) is 10.9 Å². The number of aromatic nitrogens is 2. The van der Waals surface area contributed by atoms with Gasteiger partial charge in [0.1, 0.15) is 6.54 Å². The highest BCUT2D eigenvalue weighted by Crippen LogP contribution is 2.14. The van der Waals surface area contributed by atoms with Crippen LogP contribution in [-0.4, -0.2) is 9.97 Å². The molecule has 3 aromatic rings. The Bertz CT molecular complexity index is 645. The summed E-state index contributed by atoms with van der Waals surface area (Å²) in [6.45, 7) is 0.853. The van der Waals surface area contributed by atoms with Gasteiger partial charge in [0.25, 0.3) is 0 Å². The topological polar surface area (TPSA) is 42.4 Å². The average Bonchev–Trinajstić information content (AvgIpc) is 2.46. The normalized spacial score (nSPS) is 10.7. The number of quaternary nitrogens is 1. The molecular weight excluding hydrogens is 222 g/mol. The van der Waals surface area contributed by atoms with Gasteiger partial charge in [-0.3, -0.25) is 10.3 Å². The largest absolute Gasteiger partial charge is 0.294 e. The highest BCUT2D eigenvalue weighted by Gasteiger charge is 2.04. The molecule has 0 radical (unpaired) electrons. The number of nitrogens with two attached hydrogens (primary N) is 1. The molecule has 0 amide bonds. The summed E-state index contributed by atoms with van der Waals surface area (Å²) >= 11 is 0. The van der Waals surface area contributed by atoms with Crippen LogP contribution in [0.2, 0.25) is 0 Å². The van der Waals surface area contributed by atoms with Gasteiger partial charge in [0.05, 0.1) is 5.52 Å². The van der Waals surface area contributed by atoms with Crippen LogP contribution in [0, 0.1) is 0 Å². The molecule has 0 aliphatic rings. The van der Waals surface area contributed by atoms with Crippen molar-refractivity contribution in [1.82, 2.24) is 9.97 Å². The van der Waals surface area contributed by atoms with E-state index in [9.17, 15) is 0 Å². The number of nitrogens with zero attached hydrogens (tertiary/aromatic N) is 2. The highest BCUT2D eigenvalue weighted by atomic mass is 15.0. The van der Waals surface area contributed by atoms with Crippen molar-refractivity contribution in [3.63, 3.8) is 0 Å².